The quantitative estimate of drug-likeness (QED) is 0.822. The maximum Gasteiger partial charge on any atom is 0.243 e. The van der Waals surface area contributed by atoms with Crippen molar-refractivity contribution in [3.05, 3.63) is 29.8 Å². The highest BCUT2D eigenvalue weighted by Gasteiger charge is 2.33. The Bertz CT molecular complexity index is 518. The van der Waals surface area contributed by atoms with Crippen LogP contribution >= 0.6 is 0 Å². The molecule has 0 saturated heterocycles. The van der Waals surface area contributed by atoms with E-state index in [1.807, 2.05) is 32.9 Å². The van der Waals surface area contributed by atoms with E-state index < -0.39 is 10.0 Å². The standard InChI is InChI=1S/C14H21NO2S/c1-11(2)15(10-13-8-9-13)18(16,17)14-7-5-4-6-12(14)3/h4-7,11,13H,8-10H2,1-3H3. The van der Waals surface area contributed by atoms with Gasteiger partial charge >= 0.3 is 0 Å². The Kier molecular flexibility index (Phi) is 3.78. The van der Waals surface area contributed by atoms with Crippen LogP contribution in [0.5, 0.6) is 0 Å². The van der Waals surface area contributed by atoms with Crippen LogP contribution in [-0.2, 0) is 10.0 Å². The van der Waals surface area contributed by atoms with Gasteiger partial charge in [0.25, 0.3) is 0 Å². The van der Waals surface area contributed by atoms with Crippen molar-refractivity contribution >= 4 is 10.0 Å². The van der Waals surface area contributed by atoms with Gasteiger partial charge in [-0.05, 0) is 51.2 Å². The van der Waals surface area contributed by atoms with Crippen LogP contribution in [0.15, 0.2) is 29.2 Å². The Balaban J connectivity index is 2.35. The van der Waals surface area contributed by atoms with Crippen molar-refractivity contribution in [2.45, 2.75) is 44.6 Å². The predicted molar refractivity (Wildman–Crippen MR) is 72.9 cm³/mol. The summed E-state index contributed by atoms with van der Waals surface area (Å²) >= 11 is 0. The highest BCUT2D eigenvalue weighted by atomic mass is 32.2. The van der Waals surface area contributed by atoms with Crippen LogP contribution in [0.2, 0.25) is 0 Å². The summed E-state index contributed by atoms with van der Waals surface area (Å²) in [5, 5.41) is 0. The maximum absolute atomic E-state index is 12.7. The van der Waals surface area contributed by atoms with Gasteiger partial charge in [0, 0.05) is 12.6 Å². The lowest BCUT2D eigenvalue weighted by Gasteiger charge is -2.26. The minimum absolute atomic E-state index is 0.00945. The maximum atomic E-state index is 12.7. The summed E-state index contributed by atoms with van der Waals surface area (Å²) in [6, 6.07) is 7.22. The first-order chi connectivity index (χ1) is 8.43. The summed E-state index contributed by atoms with van der Waals surface area (Å²) in [4.78, 5) is 0.444. The Hall–Kier alpha value is -0.870. The van der Waals surface area contributed by atoms with Crippen molar-refractivity contribution in [3.8, 4) is 0 Å². The van der Waals surface area contributed by atoms with Crippen LogP contribution in [0.3, 0.4) is 0 Å². The number of sulfonamides is 1. The minimum atomic E-state index is -3.35. The topological polar surface area (TPSA) is 37.4 Å². The number of hydrogen-bond acceptors (Lipinski definition) is 2. The van der Waals surface area contributed by atoms with Gasteiger partial charge in [-0.2, -0.15) is 4.31 Å². The number of benzene rings is 1. The Morgan fingerprint density at radius 3 is 2.39 bits per heavy atom. The predicted octanol–water partition coefficient (Wildman–Crippen LogP) is 2.80. The van der Waals surface area contributed by atoms with Crippen LogP contribution in [0, 0.1) is 12.8 Å². The van der Waals surface area contributed by atoms with Gasteiger partial charge in [0.05, 0.1) is 4.90 Å². The van der Waals surface area contributed by atoms with Crippen molar-refractivity contribution in [2.75, 3.05) is 6.54 Å². The molecular formula is C14H21NO2S. The molecule has 1 fully saturated rings. The lowest BCUT2D eigenvalue weighted by atomic mass is 10.2. The van der Waals surface area contributed by atoms with E-state index in [2.05, 4.69) is 0 Å². The number of nitrogens with zero attached hydrogens (tertiary/aromatic N) is 1. The summed E-state index contributed by atoms with van der Waals surface area (Å²) in [7, 11) is -3.35. The zero-order valence-corrected chi connectivity index (χ0v) is 12.1. The molecule has 0 amide bonds. The van der Waals surface area contributed by atoms with Crippen molar-refractivity contribution < 1.29 is 8.42 Å². The second-order valence-electron chi connectivity index (χ2n) is 5.38. The van der Waals surface area contributed by atoms with E-state index in [1.165, 1.54) is 0 Å². The largest absolute Gasteiger partial charge is 0.243 e. The molecule has 1 aromatic carbocycles. The molecule has 0 atom stereocenters. The van der Waals surface area contributed by atoms with Gasteiger partial charge in [-0.3, -0.25) is 0 Å². The van der Waals surface area contributed by atoms with Crippen molar-refractivity contribution in [2.24, 2.45) is 5.92 Å². The summed E-state index contributed by atoms with van der Waals surface area (Å²) in [6.07, 6.45) is 2.32. The fraction of sp³-hybridized carbons (Fsp3) is 0.571. The van der Waals surface area contributed by atoms with Gasteiger partial charge in [-0.15, -0.1) is 0 Å². The molecular weight excluding hydrogens is 246 g/mol. The third kappa shape index (κ3) is 2.75. The van der Waals surface area contributed by atoms with E-state index in [9.17, 15) is 8.42 Å². The lowest BCUT2D eigenvalue weighted by Crippen LogP contribution is -2.38. The monoisotopic (exact) mass is 267 g/mol. The number of aryl methyl sites for hydroxylation is 1. The summed E-state index contributed by atoms with van der Waals surface area (Å²) in [5.74, 6) is 0.561. The molecule has 18 heavy (non-hydrogen) atoms. The van der Waals surface area contributed by atoms with Gasteiger partial charge in [0.1, 0.15) is 0 Å². The highest BCUT2D eigenvalue weighted by molar-refractivity contribution is 7.89. The van der Waals surface area contributed by atoms with E-state index in [0.717, 1.165) is 18.4 Å². The number of rotatable bonds is 5. The smallest absolute Gasteiger partial charge is 0.207 e. The fourth-order valence-electron chi connectivity index (χ4n) is 2.11. The summed E-state index contributed by atoms with van der Waals surface area (Å²) in [6.45, 7) is 6.40. The molecule has 1 aliphatic carbocycles. The average Bonchev–Trinajstić information content (AvgIpc) is 3.09. The van der Waals surface area contributed by atoms with E-state index >= 15 is 0 Å². The molecule has 0 aromatic heterocycles. The van der Waals surface area contributed by atoms with Crippen LogP contribution in [0.4, 0.5) is 0 Å². The molecule has 0 heterocycles. The molecule has 100 valence electrons. The first-order valence-corrected chi connectivity index (χ1v) is 7.94. The SMILES string of the molecule is Cc1ccccc1S(=O)(=O)N(CC1CC1)C(C)C. The molecule has 3 nitrogen and oxygen atoms in total. The molecule has 0 bridgehead atoms. The van der Waals surface area contributed by atoms with Gasteiger partial charge in [-0.25, -0.2) is 8.42 Å². The van der Waals surface area contributed by atoms with Gasteiger partial charge in [-0.1, -0.05) is 18.2 Å². The minimum Gasteiger partial charge on any atom is -0.207 e. The Morgan fingerprint density at radius 2 is 1.89 bits per heavy atom. The van der Waals surface area contributed by atoms with Crippen LogP contribution < -0.4 is 0 Å². The molecule has 2 rings (SSSR count). The van der Waals surface area contributed by atoms with Gasteiger partial charge in [0.2, 0.25) is 10.0 Å². The number of hydrogen-bond donors (Lipinski definition) is 0. The fourth-order valence-corrected chi connectivity index (χ4v) is 4.05. The third-order valence-electron chi connectivity index (χ3n) is 3.39. The van der Waals surface area contributed by atoms with Crippen molar-refractivity contribution in [3.63, 3.8) is 0 Å². The molecule has 4 heteroatoms. The molecule has 1 aliphatic rings. The van der Waals surface area contributed by atoms with Gasteiger partial charge < -0.3 is 0 Å². The van der Waals surface area contributed by atoms with Crippen LogP contribution in [0.1, 0.15) is 32.3 Å². The molecule has 0 N–H and O–H groups in total. The van der Waals surface area contributed by atoms with Crippen LogP contribution in [0.25, 0.3) is 0 Å². The normalized spacial score (nSPS) is 16.5. The zero-order valence-electron chi connectivity index (χ0n) is 11.3. The lowest BCUT2D eigenvalue weighted by molar-refractivity contribution is 0.341. The summed E-state index contributed by atoms with van der Waals surface area (Å²) < 4.78 is 27.0. The third-order valence-corrected chi connectivity index (χ3v) is 5.59. The van der Waals surface area contributed by atoms with Crippen LogP contribution in [-0.4, -0.2) is 25.3 Å². The molecule has 0 unspecified atom stereocenters. The average molecular weight is 267 g/mol. The first kappa shape index (κ1) is 13.6. The van der Waals surface area contributed by atoms with E-state index in [4.69, 9.17) is 0 Å². The summed E-state index contributed by atoms with van der Waals surface area (Å²) in [5.41, 5.74) is 0.818. The molecule has 1 saturated carbocycles. The van der Waals surface area contributed by atoms with E-state index in [1.54, 1.807) is 16.4 Å². The van der Waals surface area contributed by atoms with Crippen molar-refractivity contribution in [1.82, 2.24) is 4.31 Å². The first-order valence-electron chi connectivity index (χ1n) is 6.50. The Labute approximate surface area is 110 Å². The van der Waals surface area contributed by atoms with E-state index in [0.29, 0.717) is 17.4 Å². The molecule has 0 spiro atoms. The second kappa shape index (κ2) is 5.02. The zero-order chi connectivity index (χ0) is 13.3. The molecule has 0 radical (unpaired) electrons. The van der Waals surface area contributed by atoms with Gasteiger partial charge in [0.15, 0.2) is 0 Å². The second-order valence-corrected chi connectivity index (χ2v) is 7.24. The highest BCUT2D eigenvalue weighted by Crippen LogP contribution is 2.33. The van der Waals surface area contributed by atoms with Crippen molar-refractivity contribution in [1.29, 1.82) is 0 Å². The molecule has 1 aromatic rings. The molecule has 0 aliphatic heterocycles. The van der Waals surface area contributed by atoms with E-state index in [-0.39, 0.29) is 6.04 Å². The Morgan fingerprint density at radius 1 is 1.28 bits per heavy atom.